The van der Waals surface area contributed by atoms with Crippen molar-refractivity contribution in [3.05, 3.63) is 66.0 Å². The summed E-state index contributed by atoms with van der Waals surface area (Å²) < 4.78 is 33.2. The molecule has 2 heterocycles. The number of methoxy groups -OCH3 is 1. The minimum atomic E-state index is -0.779. The molecule has 5 nitrogen and oxygen atoms in total. The summed E-state index contributed by atoms with van der Waals surface area (Å²) in [5, 5.41) is 0.379. The number of carbonyl (C=O) groups excluding carboxylic acids is 1. The Bertz CT molecular complexity index is 1030. The second-order valence-electron chi connectivity index (χ2n) is 6.60. The van der Waals surface area contributed by atoms with Gasteiger partial charge >= 0.3 is 0 Å². The second kappa shape index (κ2) is 7.42. The number of anilines is 1. The van der Waals surface area contributed by atoms with E-state index in [9.17, 15) is 13.6 Å². The van der Waals surface area contributed by atoms with Crippen molar-refractivity contribution in [2.75, 3.05) is 38.2 Å². The molecule has 0 N–H and O–H groups in total. The molecule has 0 radical (unpaired) electrons. The zero-order valence-corrected chi connectivity index (χ0v) is 15.4. The summed E-state index contributed by atoms with van der Waals surface area (Å²) in [6.45, 7) is 2.18. The van der Waals surface area contributed by atoms with Crippen molar-refractivity contribution in [2.45, 2.75) is 0 Å². The Hall–Kier alpha value is -3.22. The van der Waals surface area contributed by atoms with Gasteiger partial charge in [-0.15, -0.1) is 0 Å². The lowest BCUT2D eigenvalue weighted by Gasteiger charge is -2.36. The van der Waals surface area contributed by atoms with Gasteiger partial charge < -0.3 is 14.5 Å². The number of piperazine rings is 1. The molecule has 1 amide bonds. The molecule has 1 fully saturated rings. The Morgan fingerprint density at radius 1 is 1.07 bits per heavy atom. The van der Waals surface area contributed by atoms with Gasteiger partial charge in [-0.1, -0.05) is 12.1 Å². The number of carbonyl (C=O) groups is 1. The summed E-state index contributed by atoms with van der Waals surface area (Å²) in [5.41, 5.74) is 0.989. The average Bonchev–Trinajstić information content (AvgIpc) is 2.72. The van der Waals surface area contributed by atoms with Crippen LogP contribution >= 0.6 is 0 Å². The van der Waals surface area contributed by atoms with Crippen molar-refractivity contribution >= 4 is 22.4 Å². The zero-order chi connectivity index (χ0) is 19.7. The summed E-state index contributed by atoms with van der Waals surface area (Å²) in [6.07, 6.45) is 1.40. The van der Waals surface area contributed by atoms with E-state index in [1.807, 2.05) is 24.3 Å². The van der Waals surface area contributed by atoms with Crippen LogP contribution in [0.15, 0.2) is 48.7 Å². The van der Waals surface area contributed by atoms with E-state index in [1.165, 1.54) is 18.3 Å². The molecule has 0 aliphatic carbocycles. The Labute approximate surface area is 161 Å². The summed E-state index contributed by atoms with van der Waals surface area (Å²) in [6, 6.07) is 11.2. The number of hydrogen-bond donors (Lipinski definition) is 0. The molecule has 4 rings (SSSR count). The standard InChI is InChI=1S/C21H19F2N3O2/c1-28-18-5-3-2-4-17(18)25-8-10-26(11-9-25)21(27)20-19-14(6-7-24-20)12-15(22)13-16(19)23/h2-7,12-13H,8-11H2,1H3. The molecule has 1 aliphatic rings. The minimum absolute atomic E-state index is 0.0146. The number of aromatic nitrogens is 1. The van der Waals surface area contributed by atoms with E-state index in [0.717, 1.165) is 17.5 Å². The number of para-hydroxylation sites is 2. The number of rotatable bonds is 3. The minimum Gasteiger partial charge on any atom is -0.495 e. The Morgan fingerprint density at radius 2 is 1.82 bits per heavy atom. The Kier molecular flexibility index (Phi) is 4.81. The molecular formula is C21H19F2N3O2. The molecular weight excluding hydrogens is 364 g/mol. The normalized spacial score (nSPS) is 14.4. The van der Waals surface area contributed by atoms with Crippen LogP contribution in [0.4, 0.5) is 14.5 Å². The van der Waals surface area contributed by atoms with Crippen LogP contribution in [0, 0.1) is 11.6 Å². The highest BCUT2D eigenvalue weighted by Crippen LogP contribution is 2.29. The third kappa shape index (κ3) is 3.24. The van der Waals surface area contributed by atoms with E-state index >= 15 is 0 Å². The van der Waals surface area contributed by atoms with Gasteiger partial charge in [-0.3, -0.25) is 9.78 Å². The summed E-state index contributed by atoms with van der Waals surface area (Å²) in [5.74, 6) is -1.03. The molecule has 0 bridgehead atoms. The van der Waals surface area contributed by atoms with E-state index in [4.69, 9.17) is 4.74 Å². The molecule has 0 saturated carbocycles. The summed E-state index contributed by atoms with van der Waals surface area (Å²) in [4.78, 5) is 20.9. The van der Waals surface area contributed by atoms with Crippen LogP contribution < -0.4 is 9.64 Å². The van der Waals surface area contributed by atoms with Crippen LogP contribution in [0.2, 0.25) is 0 Å². The number of ether oxygens (including phenoxy) is 1. The number of benzene rings is 2. The largest absolute Gasteiger partial charge is 0.495 e. The molecule has 3 aromatic rings. The molecule has 0 spiro atoms. The average molecular weight is 383 g/mol. The molecule has 0 unspecified atom stereocenters. The molecule has 7 heteroatoms. The maximum atomic E-state index is 14.3. The van der Waals surface area contributed by atoms with Gasteiger partial charge in [0, 0.05) is 43.8 Å². The van der Waals surface area contributed by atoms with Crippen molar-refractivity contribution in [1.29, 1.82) is 0 Å². The van der Waals surface area contributed by atoms with Crippen LogP contribution in [-0.2, 0) is 0 Å². The SMILES string of the molecule is COc1ccccc1N1CCN(C(=O)c2nccc3cc(F)cc(F)c23)CC1. The maximum Gasteiger partial charge on any atom is 0.273 e. The maximum absolute atomic E-state index is 14.3. The van der Waals surface area contributed by atoms with Crippen LogP contribution in [-0.4, -0.2) is 49.1 Å². The third-order valence-corrected chi connectivity index (χ3v) is 4.98. The van der Waals surface area contributed by atoms with Crippen molar-refractivity contribution in [1.82, 2.24) is 9.88 Å². The molecule has 2 aromatic carbocycles. The van der Waals surface area contributed by atoms with Crippen LogP contribution in [0.5, 0.6) is 5.75 Å². The van der Waals surface area contributed by atoms with Crippen LogP contribution in [0.1, 0.15) is 10.5 Å². The predicted molar refractivity (Wildman–Crippen MR) is 103 cm³/mol. The molecule has 1 aliphatic heterocycles. The van der Waals surface area contributed by atoms with Crippen molar-refractivity contribution in [3.8, 4) is 5.75 Å². The lowest BCUT2D eigenvalue weighted by atomic mass is 10.1. The van der Waals surface area contributed by atoms with E-state index in [-0.39, 0.29) is 17.0 Å². The molecule has 28 heavy (non-hydrogen) atoms. The Morgan fingerprint density at radius 3 is 2.57 bits per heavy atom. The van der Waals surface area contributed by atoms with Crippen LogP contribution in [0.3, 0.4) is 0 Å². The summed E-state index contributed by atoms with van der Waals surface area (Å²) >= 11 is 0. The van der Waals surface area contributed by atoms with Crippen molar-refractivity contribution < 1.29 is 18.3 Å². The second-order valence-corrected chi connectivity index (χ2v) is 6.60. The molecule has 1 saturated heterocycles. The number of fused-ring (bicyclic) bond motifs is 1. The van der Waals surface area contributed by atoms with Gasteiger partial charge in [0.05, 0.1) is 12.8 Å². The van der Waals surface area contributed by atoms with Gasteiger partial charge in [0.25, 0.3) is 5.91 Å². The quantitative estimate of drug-likeness (QED) is 0.695. The number of nitrogens with zero attached hydrogens (tertiary/aromatic N) is 3. The van der Waals surface area contributed by atoms with Gasteiger partial charge in [0.15, 0.2) is 0 Å². The van der Waals surface area contributed by atoms with E-state index in [1.54, 1.807) is 12.0 Å². The van der Waals surface area contributed by atoms with Gasteiger partial charge in [0.2, 0.25) is 0 Å². The number of amides is 1. The fraction of sp³-hybridized carbons (Fsp3) is 0.238. The van der Waals surface area contributed by atoms with E-state index in [0.29, 0.717) is 31.6 Å². The summed E-state index contributed by atoms with van der Waals surface area (Å²) in [7, 11) is 1.63. The lowest BCUT2D eigenvalue weighted by Crippen LogP contribution is -2.49. The Balaban J connectivity index is 1.56. The monoisotopic (exact) mass is 383 g/mol. The molecule has 144 valence electrons. The van der Waals surface area contributed by atoms with Gasteiger partial charge in [-0.2, -0.15) is 0 Å². The molecule has 0 atom stereocenters. The topological polar surface area (TPSA) is 45.7 Å². The number of pyridine rings is 1. The fourth-order valence-electron chi connectivity index (χ4n) is 3.58. The third-order valence-electron chi connectivity index (χ3n) is 4.98. The first-order valence-electron chi connectivity index (χ1n) is 8.99. The van der Waals surface area contributed by atoms with E-state index in [2.05, 4.69) is 9.88 Å². The fourth-order valence-corrected chi connectivity index (χ4v) is 3.58. The number of halogens is 2. The van der Waals surface area contributed by atoms with Crippen LogP contribution in [0.25, 0.3) is 10.8 Å². The first-order valence-corrected chi connectivity index (χ1v) is 8.99. The first kappa shape index (κ1) is 18.2. The van der Waals surface area contributed by atoms with Crippen molar-refractivity contribution in [2.24, 2.45) is 0 Å². The van der Waals surface area contributed by atoms with E-state index < -0.39 is 11.6 Å². The first-order chi connectivity index (χ1) is 13.6. The van der Waals surface area contributed by atoms with Crippen molar-refractivity contribution in [3.63, 3.8) is 0 Å². The highest BCUT2D eigenvalue weighted by molar-refractivity contribution is 6.05. The van der Waals surface area contributed by atoms with Gasteiger partial charge in [-0.05, 0) is 29.7 Å². The predicted octanol–water partition coefficient (Wildman–Crippen LogP) is 3.48. The highest BCUT2D eigenvalue weighted by atomic mass is 19.1. The zero-order valence-electron chi connectivity index (χ0n) is 15.4. The number of hydrogen-bond acceptors (Lipinski definition) is 4. The molecule has 1 aromatic heterocycles. The lowest BCUT2D eigenvalue weighted by molar-refractivity contribution is 0.0742. The smallest absolute Gasteiger partial charge is 0.273 e. The van der Waals surface area contributed by atoms with Gasteiger partial charge in [-0.25, -0.2) is 8.78 Å². The highest BCUT2D eigenvalue weighted by Gasteiger charge is 2.26. The van der Waals surface area contributed by atoms with Gasteiger partial charge in [0.1, 0.15) is 23.1 Å².